The van der Waals surface area contributed by atoms with Crippen LogP contribution in [0.15, 0.2) is 39.7 Å². The van der Waals surface area contributed by atoms with Gasteiger partial charge in [-0.05, 0) is 67.8 Å². The van der Waals surface area contributed by atoms with Crippen molar-refractivity contribution in [3.05, 3.63) is 51.5 Å². The van der Waals surface area contributed by atoms with Gasteiger partial charge < -0.3 is 4.74 Å². The average molecular weight is 384 g/mol. The summed E-state index contributed by atoms with van der Waals surface area (Å²) in [5.74, 6) is 0.677. The van der Waals surface area contributed by atoms with Gasteiger partial charge in [0.1, 0.15) is 5.75 Å². The van der Waals surface area contributed by atoms with E-state index in [1.807, 2.05) is 19.9 Å². The molecule has 0 fully saturated rings. The van der Waals surface area contributed by atoms with Crippen LogP contribution in [0.2, 0.25) is 0 Å². The minimum Gasteiger partial charge on any atom is -0.496 e. The highest BCUT2D eigenvalue weighted by Crippen LogP contribution is 2.28. The normalized spacial score (nSPS) is 11.3. The van der Waals surface area contributed by atoms with E-state index in [1.165, 1.54) is 0 Å². The van der Waals surface area contributed by atoms with Crippen LogP contribution < -0.4 is 9.46 Å². The zero-order valence-corrected chi connectivity index (χ0v) is 15.3. The smallest absolute Gasteiger partial charge is 0.262 e. The van der Waals surface area contributed by atoms with Gasteiger partial charge in [-0.1, -0.05) is 15.9 Å². The number of sulfonamides is 1. The molecule has 2 rings (SSSR count). The van der Waals surface area contributed by atoms with Crippen LogP contribution >= 0.6 is 15.9 Å². The van der Waals surface area contributed by atoms with Crippen LogP contribution in [0.1, 0.15) is 16.7 Å². The monoisotopic (exact) mass is 383 g/mol. The van der Waals surface area contributed by atoms with Crippen molar-refractivity contribution in [1.29, 1.82) is 0 Å². The number of benzene rings is 2. The molecule has 0 aliphatic heterocycles. The van der Waals surface area contributed by atoms with Crippen molar-refractivity contribution in [2.24, 2.45) is 0 Å². The van der Waals surface area contributed by atoms with Crippen LogP contribution in [-0.4, -0.2) is 15.5 Å². The van der Waals surface area contributed by atoms with Crippen molar-refractivity contribution >= 4 is 31.6 Å². The van der Waals surface area contributed by atoms with E-state index in [0.717, 1.165) is 15.6 Å². The number of anilines is 1. The quantitative estimate of drug-likeness (QED) is 0.860. The molecule has 0 aliphatic rings. The van der Waals surface area contributed by atoms with Gasteiger partial charge in [-0.15, -0.1) is 0 Å². The van der Waals surface area contributed by atoms with Gasteiger partial charge >= 0.3 is 0 Å². The number of aryl methyl sites for hydroxylation is 3. The Balaban J connectivity index is 2.42. The minimum absolute atomic E-state index is 0.256. The van der Waals surface area contributed by atoms with E-state index < -0.39 is 10.0 Å². The highest BCUT2D eigenvalue weighted by molar-refractivity contribution is 9.10. The van der Waals surface area contributed by atoms with Crippen LogP contribution in [0.5, 0.6) is 5.75 Å². The molecule has 0 bridgehead atoms. The second kappa shape index (κ2) is 6.30. The zero-order valence-electron chi connectivity index (χ0n) is 12.9. The SMILES string of the molecule is COc1cc(C)c(S(=O)(=O)Nc2ccc(Br)c(C)c2)cc1C. The Morgan fingerprint density at radius 2 is 1.68 bits per heavy atom. The highest BCUT2D eigenvalue weighted by Gasteiger charge is 2.19. The topological polar surface area (TPSA) is 55.4 Å². The van der Waals surface area contributed by atoms with Crippen molar-refractivity contribution in [2.75, 3.05) is 11.8 Å². The summed E-state index contributed by atoms with van der Waals surface area (Å²) >= 11 is 3.40. The number of rotatable bonds is 4. The summed E-state index contributed by atoms with van der Waals surface area (Å²) < 4.78 is 34.0. The van der Waals surface area contributed by atoms with Crippen molar-refractivity contribution in [3.8, 4) is 5.75 Å². The van der Waals surface area contributed by atoms with E-state index in [1.54, 1.807) is 38.3 Å². The third-order valence-electron chi connectivity index (χ3n) is 3.39. The first-order valence-corrected chi connectivity index (χ1v) is 8.96. The van der Waals surface area contributed by atoms with E-state index in [-0.39, 0.29) is 4.90 Å². The fraction of sp³-hybridized carbons (Fsp3) is 0.250. The predicted molar refractivity (Wildman–Crippen MR) is 92.2 cm³/mol. The van der Waals surface area contributed by atoms with E-state index in [9.17, 15) is 8.42 Å². The Morgan fingerprint density at radius 3 is 2.27 bits per heavy atom. The van der Waals surface area contributed by atoms with E-state index in [2.05, 4.69) is 20.7 Å². The van der Waals surface area contributed by atoms with Gasteiger partial charge in [-0.3, -0.25) is 4.72 Å². The van der Waals surface area contributed by atoms with Gasteiger partial charge in [-0.25, -0.2) is 8.42 Å². The second-order valence-electron chi connectivity index (χ2n) is 5.16. The van der Waals surface area contributed by atoms with Crippen LogP contribution in [-0.2, 0) is 10.0 Å². The lowest BCUT2D eigenvalue weighted by Crippen LogP contribution is -2.14. The van der Waals surface area contributed by atoms with Crippen LogP contribution in [0.3, 0.4) is 0 Å². The molecule has 0 saturated heterocycles. The summed E-state index contributed by atoms with van der Waals surface area (Å²) in [5, 5.41) is 0. The first-order chi connectivity index (χ1) is 10.2. The van der Waals surface area contributed by atoms with Crippen LogP contribution in [0, 0.1) is 20.8 Å². The second-order valence-corrected chi connectivity index (χ2v) is 7.66. The van der Waals surface area contributed by atoms with E-state index >= 15 is 0 Å². The molecule has 2 aromatic carbocycles. The molecule has 6 heteroatoms. The summed E-state index contributed by atoms with van der Waals surface area (Å²) in [6.45, 7) is 5.48. The fourth-order valence-electron chi connectivity index (χ4n) is 2.19. The molecular formula is C16H18BrNO3S. The number of ether oxygens (including phenoxy) is 1. The summed E-state index contributed by atoms with van der Waals surface area (Å²) in [7, 11) is -2.07. The first-order valence-electron chi connectivity index (χ1n) is 6.69. The van der Waals surface area contributed by atoms with Crippen molar-refractivity contribution in [1.82, 2.24) is 0 Å². The van der Waals surface area contributed by atoms with Gasteiger partial charge in [0.05, 0.1) is 12.0 Å². The molecule has 0 radical (unpaired) electrons. The number of hydrogen-bond donors (Lipinski definition) is 1. The number of nitrogens with one attached hydrogen (secondary N) is 1. The third kappa shape index (κ3) is 3.44. The number of halogens is 1. The highest BCUT2D eigenvalue weighted by atomic mass is 79.9. The minimum atomic E-state index is -3.64. The van der Waals surface area contributed by atoms with Crippen molar-refractivity contribution < 1.29 is 13.2 Å². The Labute approximate surface area is 139 Å². The molecule has 0 saturated carbocycles. The lowest BCUT2D eigenvalue weighted by atomic mass is 10.1. The first kappa shape index (κ1) is 16.8. The Hall–Kier alpha value is -1.53. The molecule has 4 nitrogen and oxygen atoms in total. The number of methoxy groups -OCH3 is 1. The Bertz CT molecular complexity index is 816. The van der Waals surface area contributed by atoms with Crippen molar-refractivity contribution in [2.45, 2.75) is 25.7 Å². The molecule has 0 atom stereocenters. The van der Waals surface area contributed by atoms with Gasteiger partial charge in [0, 0.05) is 10.2 Å². The molecule has 0 aromatic heterocycles. The standard InChI is InChI=1S/C16H18BrNO3S/c1-10-7-13(5-6-14(10)17)18-22(19,20)16-9-11(2)15(21-4)8-12(16)3/h5-9,18H,1-4H3. The molecular weight excluding hydrogens is 366 g/mol. The maximum atomic E-state index is 12.6. The molecule has 0 aliphatic carbocycles. The third-order valence-corrected chi connectivity index (χ3v) is 5.81. The van der Waals surface area contributed by atoms with Gasteiger partial charge in [0.2, 0.25) is 0 Å². The summed E-state index contributed by atoms with van der Waals surface area (Å²) in [6.07, 6.45) is 0. The Morgan fingerprint density at radius 1 is 1.00 bits per heavy atom. The summed E-state index contributed by atoms with van der Waals surface area (Å²) in [5.41, 5.74) is 2.92. The molecule has 0 spiro atoms. The molecule has 118 valence electrons. The molecule has 0 amide bonds. The van der Waals surface area contributed by atoms with Gasteiger partial charge in [0.25, 0.3) is 10.0 Å². The predicted octanol–water partition coefficient (Wildman–Crippen LogP) is 4.18. The van der Waals surface area contributed by atoms with E-state index in [4.69, 9.17) is 4.74 Å². The maximum absolute atomic E-state index is 12.6. The molecule has 1 N–H and O–H groups in total. The molecule has 0 unspecified atom stereocenters. The van der Waals surface area contributed by atoms with Gasteiger partial charge in [0.15, 0.2) is 0 Å². The average Bonchev–Trinajstić information content (AvgIpc) is 2.44. The van der Waals surface area contributed by atoms with Crippen molar-refractivity contribution in [3.63, 3.8) is 0 Å². The zero-order chi connectivity index (χ0) is 16.5. The molecule has 22 heavy (non-hydrogen) atoms. The summed E-state index contributed by atoms with van der Waals surface area (Å²) in [6, 6.07) is 8.69. The van der Waals surface area contributed by atoms with Crippen LogP contribution in [0.25, 0.3) is 0 Å². The lowest BCUT2D eigenvalue weighted by molar-refractivity contribution is 0.411. The lowest BCUT2D eigenvalue weighted by Gasteiger charge is -2.14. The molecule has 0 heterocycles. The number of hydrogen-bond acceptors (Lipinski definition) is 3. The molecule has 2 aromatic rings. The van der Waals surface area contributed by atoms with E-state index in [0.29, 0.717) is 17.0 Å². The van der Waals surface area contributed by atoms with Gasteiger partial charge in [-0.2, -0.15) is 0 Å². The van der Waals surface area contributed by atoms with Crippen LogP contribution in [0.4, 0.5) is 5.69 Å². The fourth-order valence-corrected chi connectivity index (χ4v) is 3.80. The maximum Gasteiger partial charge on any atom is 0.262 e. The summed E-state index contributed by atoms with van der Waals surface area (Å²) in [4.78, 5) is 0.256. The Kier molecular flexibility index (Phi) is 4.82. The largest absolute Gasteiger partial charge is 0.496 e.